The van der Waals surface area contributed by atoms with Gasteiger partial charge < -0.3 is 5.32 Å². The summed E-state index contributed by atoms with van der Waals surface area (Å²) in [6.07, 6.45) is 0.403. The third kappa shape index (κ3) is 5.15. The molecule has 0 aliphatic heterocycles. The van der Waals surface area contributed by atoms with Crippen LogP contribution in [0.25, 0.3) is 0 Å². The van der Waals surface area contributed by atoms with E-state index < -0.39 is 0 Å². The first-order valence-corrected chi connectivity index (χ1v) is 6.03. The fourth-order valence-electron chi connectivity index (χ4n) is 0.929. The van der Waals surface area contributed by atoms with Crippen molar-refractivity contribution in [3.63, 3.8) is 0 Å². The highest BCUT2D eigenvalue weighted by Crippen LogP contribution is 2.26. The summed E-state index contributed by atoms with van der Waals surface area (Å²) >= 11 is 6.91. The molecule has 0 radical (unpaired) electrons. The van der Waals surface area contributed by atoms with Crippen LogP contribution in [0.1, 0.15) is 5.56 Å². The van der Waals surface area contributed by atoms with Gasteiger partial charge in [0.1, 0.15) is 0 Å². The number of benzene rings is 1. The molecule has 0 saturated carbocycles. The zero-order chi connectivity index (χ0) is 11.7. The fraction of sp³-hybridized carbons (Fsp3) is 0.222. The van der Waals surface area contributed by atoms with E-state index in [-0.39, 0.29) is 0 Å². The summed E-state index contributed by atoms with van der Waals surface area (Å²) in [5, 5.41) is 3.99. The van der Waals surface area contributed by atoms with E-state index in [1.165, 1.54) is 5.56 Å². The van der Waals surface area contributed by atoms with E-state index in [1.807, 2.05) is 19.2 Å². The highest BCUT2D eigenvalue weighted by molar-refractivity contribution is 9.10. The van der Waals surface area contributed by atoms with Crippen molar-refractivity contribution in [2.75, 3.05) is 12.4 Å². The van der Waals surface area contributed by atoms with Crippen LogP contribution in [0.5, 0.6) is 0 Å². The molecule has 1 aromatic rings. The van der Waals surface area contributed by atoms with Gasteiger partial charge in [0.25, 0.3) is 0 Å². The van der Waals surface area contributed by atoms with Crippen molar-refractivity contribution in [3.8, 4) is 0 Å². The first-order chi connectivity index (χ1) is 7.21. The van der Waals surface area contributed by atoms with E-state index >= 15 is 0 Å². The summed E-state index contributed by atoms with van der Waals surface area (Å²) in [4.78, 5) is 8.94. The number of hydrogen-bond acceptors (Lipinski definition) is 3. The number of carbonyl (C=O) groups excluding carboxylic acids is 1. The van der Waals surface area contributed by atoms with Crippen LogP contribution in [0.3, 0.4) is 0 Å². The number of amides is 1. The normalized spacial score (nSPS) is 8.53. The van der Waals surface area contributed by atoms with Gasteiger partial charge in [0.05, 0.1) is 0 Å². The van der Waals surface area contributed by atoms with Gasteiger partial charge in [-0.1, -0.05) is 37.9 Å². The Kier molecular flexibility index (Phi) is 8.35. The van der Waals surface area contributed by atoms with Gasteiger partial charge in [0.15, 0.2) is 0 Å². The lowest BCUT2D eigenvalue weighted by molar-refractivity contribution is -0.109. The van der Waals surface area contributed by atoms with Gasteiger partial charge in [-0.3, -0.25) is 10.2 Å². The first-order valence-electron chi connectivity index (χ1n) is 4.12. The first kappa shape index (κ1) is 14.4. The number of nitrogens with two attached hydrogens (primary N) is 1. The van der Waals surface area contributed by atoms with Gasteiger partial charge >= 0.3 is 0 Å². The van der Waals surface area contributed by atoms with E-state index in [0.29, 0.717) is 6.41 Å². The minimum absolute atomic E-state index is 0.403. The van der Waals surface area contributed by atoms with E-state index in [2.05, 4.69) is 49.1 Å². The predicted molar refractivity (Wildman–Crippen MR) is 69.7 cm³/mol. The number of carbonyl (C=O) groups is 1. The molecule has 6 heteroatoms. The molecule has 1 amide bonds. The van der Waals surface area contributed by atoms with Crippen molar-refractivity contribution in [2.45, 2.75) is 5.33 Å². The molecule has 0 aliphatic carbocycles. The Balaban J connectivity index is 0.000000423. The monoisotopic (exact) mass is 337 g/mol. The maximum absolute atomic E-state index is 8.94. The highest BCUT2D eigenvalue weighted by Gasteiger charge is 2.01. The Morgan fingerprint density at radius 2 is 2.13 bits per heavy atom. The minimum Gasteiger partial charge on any atom is -0.388 e. The quantitative estimate of drug-likeness (QED) is 0.259. The van der Waals surface area contributed by atoms with Crippen LogP contribution in [0.2, 0.25) is 0 Å². The number of rotatable bonds is 3. The van der Waals surface area contributed by atoms with Crippen molar-refractivity contribution in [1.29, 1.82) is 0 Å². The Bertz CT molecular complexity index is 307. The lowest BCUT2D eigenvalue weighted by Gasteiger charge is -2.07. The van der Waals surface area contributed by atoms with E-state index in [4.69, 9.17) is 4.79 Å². The summed E-state index contributed by atoms with van der Waals surface area (Å²) in [6.45, 7) is 0. The second-order valence-electron chi connectivity index (χ2n) is 2.43. The van der Waals surface area contributed by atoms with Crippen molar-refractivity contribution in [2.24, 2.45) is 5.84 Å². The summed E-state index contributed by atoms with van der Waals surface area (Å²) in [7, 11) is 1.92. The molecular weight excluding hydrogens is 326 g/mol. The van der Waals surface area contributed by atoms with Crippen LogP contribution in [0.4, 0.5) is 5.69 Å². The summed E-state index contributed by atoms with van der Waals surface area (Å²) < 4.78 is 1.14. The van der Waals surface area contributed by atoms with Crippen molar-refractivity contribution in [3.05, 3.63) is 28.2 Å². The molecule has 4 N–H and O–H groups in total. The van der Waals surface area contributed by atoms with Crippen molar-refractivity contribution >= 4 is 44.0 Å². The Morgan fingerprint density at radius 1 is 1.53 bits per heavy atom. The zero-order valence-corrected chi connectivity index (χ0v) is 11.4. The molecule has 0 fully saturated rings. The topological polar surface area (TPSA) is 67.2 Å². The average molecular weight is 339 g/mol. The number of hydrazine groups is 1. The Morgan fingerprint density at radius 3 is 2.47 bits per heavy atom. The third-order valence-corrected chi connectivity index (χ3v) is 2.89. The van der Waals surface area contributed by atoms with E-state index in [9.17, 15) is 0 Å². The number of alkyl halides is 1. The lowest BCUT2D eigenvalue weighted by Crippen LogP contribution is -2.18. The van der Waals surface area contributed by atoms with Crippen molar-refractivity contribution < 1.29 is 4.79 Å². The smallest absolute Gasteiger partial charge is 0.221 e. The molecule has 1 aromatic carbocycles. The molecule has 4 nitrogen and oxygen atoms in total. The fourth-order valence-corrected chi connectivity index (χ4v) is 2.42. The van der Waals surface area contributed by atoms with E-state index in [0.717, 1.165) is 15.5 Å². The van der Waals surface area contributed by atoms with Gasteiger partial charge in [-0.15, -0.1) is 0 Å². The molecule has 15 heavy (non-hydrogen) atoms. The van der Waals surface area contributed by atoms with Gasteiger partial charge in [-0.25, -0.2) is 5.84 Å². The average Bonchev–Trinajstić information content (AvgIpc) is 2.29. The molecule has 0 heterocycles. The zero-order valence-electron chi connectivity index (χ0n) is 8.26. The molecule has 0 saturated heterocycles. The second-order valence-corrected chi connectivity index (χ2v) is 3.85. The van der Waals surface area contributed by atoms with Crippen LogP contribution in [0, 0.1) is 0 Å². The summed E-state index contributed by atoms with van der Waals surface area (Å²) in [6, 6.07) is 6.11. The second kappa shape index (κ2) is 8.70. The molecule has 0 bridgehead atoms. The SMILES string of the molecule is CNc1cccc(Br)c1CBr.NNC=O. The van der Waals surface area contributed by atoms with Crippen LogP contribution < -0.4 is 16.6 Å². The molecule has 0 aliphatic rings. The maximum Gasteiger partial charge on any atom is 0.221 e. The number of nitrogens with one attached hydrogen (secondary N) is 2. The summed E-state index contributed by atoms with van der Waals surface area (Å²) in [5.41, 5.74) is 4.17. The van der Waals surface area contributed by atoms with Gasteiger partial charge in [-0.2, -0.15) is 0 Å². The third-order valence-electron chi connectivity index (χ3n) is 1.59. The summed E-state index contributed by atoms with van der Waals surface area (Å²) in [5.74, 6) is 4.41. The van der Waals surface area contributed by atoms with Gasteiger partial charge in [0, 0.05) is 22.5 Å². The molecule has 0 spiro atoms. The lowest BCUT2D eigenvalue weighted by atomic mass is 10.2. The Hall–Kier alpha value is -0.590. The number of halogens is 2. The predicted octanol–water partition coefficient (Wildman–Crippen LogP) is 1.99. The van der Waals surface area contributed by atoms with E-state index in [1.54, 1.807) is 5.43 Å². The minimum atomic E-state index is 0.403. The Labute approximate surface area is 106 Å². The maximum atomic E-state index is 8.94. The number of hydrogen-bond donors (Lipinski definition) is 3. The molecular formula is C9H13Br2N3O. The molecule has 84 valence electrons. The molecule has 1 rings (SSSR count). The van der Waals surface area contributed by atoms with Gasteiger partial charge in [-0.05, 0) is 17.7 Å². The highest BCUT2D eigenvalue weighted by atomic mass is 79.9. The van der Waals surface area contributed by atoms with Crippen LogP contribution in [-0.4, -0.2) is 13.5 Å². The molecule has 0 atom stereocenters. The van der Waals surface area contributed by atoms with Crippen LogP contribution in [0.15, 0.2) is 22.7 Å². The standard InChI is InChI=1S/C8H9Br2N.CH4N2O/c1-11-8-4-2-3-7(10)6(8)5-9;2-3-1-4/h2-4,11H,5H2,1H3;1H,2H2,(H,3,4). The number of anilines is 1. The van der Waals surface area contributed by atoms with Crippen molar-refractivity contribution in [1.82, 2.24) is 5.43 Å². The van der Waals surface area contributed by atoms with Gasteiger partial charge in [0.2, 0.25) is 6.41 Å². The van der Waals surface area contributed by atoms with Crippen LogP contribution >= 0.6 is 31.9 Å². The molecule has 0 unspecified atom stereocenters. The van der Waals surface area contributed by atoms with Crippen LogP contribution in [-0.2, 0) is 10.1 Å². The largest absolute Gasteiger partial charge is 0.388 e. The molecule has 0 aromatic heterocycles.